The van der Waals surface area contributed by atoms with Crippen molar-refractivity contribution >= 4 is 34.5 Å². The fourth-order valence-electron chi connectivity index (χ4n) is 8.09. The number of carbonyl (C=O) groups excluding carboxylic acids is 2. The molecule has 1 unspecified atom stereocenters. The minimum absolute atomic E-state index is 0.0372. The van der Waals surface area contributed by atoms with Gasteiger partial charge in [0.2, 0.25) is 17.8 Å². The summed E-state index contributed by atoms with van der Waals surface area (Å²) in [4.78, 5) is 37.0. The maximum atomic E-state index is 13.1. The topological polar surface area (TPSA) is 210 Å². The third kappa shape index (κ3) is 16.1. The van der Waals surface area contributed by atoms with Gasteiger partial charge in [-0.05, 0) is 103 Å². The molecule has 2 aromatic rings. The molecule has 0 radical (unpaired) electrons. The number of amides is 2. The molecule has 316 valence electrons. The van der Waals surface area contributed by atoms with Gasteiger partial charge in [0.1, 0.15) is 5.82 Å². The van der Waals surface area contributed by atoms with Crippen LogP contribution in [0.25, 0.3) is 10.9 Å². The van der Waals surface area contributed by atoms with E-state index in [1.807, 2.05) is 29.2 Å². The van der Waals surface area contributed by atoms with Crippen molar-refractivity contribution in [2.45, 2.75) is 133 Å². The Labute approximate surface area is 340 Å². The average molecular weight is 790 g/mol. The predicted octanol–water partition coefficient (Wildman–Crippen LogP) is 4.73. The number of rotatable bonds is 25. The molecule has 3 fully saturated rings. The number of nitrogens with one attached hydrogen (secondary N) is 8. The summed E-state index contributed by atoms with van der Waals surface area (Å²) in [6, 6.07) is 8.68. The van der Waals surface area contributed by atoms with Gasteiger partial charge in [-0.25, -0.2) is 10.5 Å². The number of benzene rings is 1. The summed E-state index contributed by atoms with van der Waals surface area (Å²) in [5.41, 5.74) is 15.2. The number of aromatic nitrogens is 2. The Bertz CT molecular complexity index is 1520. The summed E-state index contributed by atoms with van der Waals surface area (Å²) < 4.78 is 0. The molecular weight excluding hydrogens is 719 g/mol. The first kappa shape index (κ1) is 44.2. The Morgan fingerprint density at radius 3 is 2.16 bits per heavy atom. The normalized spacial score (nSPS) is 18.0. The van der Waals surface area contributed by atoms with Crippen molar-refractivity contribution < 1.29 is 9.59 Å². The fraction of sp³-hybridized carbons (Fsp3) is 0.714. The molecule has 10 N–H and O–H groups in total. The lowest BCUT2D eigenvalue weighted by molar-refractivity contribution is -0.132. The van der Waals surface area contributed by atoms with Gasteiger partial charge in [-0.2, -0.15) is 10.1 Å². The van der Waals surface area contributed by atoms with E-state index in [4.69, 9.17) is 21.2 Å². The fourth-order valence-corrected chi connectivity index (χ4v) is 8.09. The zero-order valence-corrected chi connectivity index (χ0v) is 34.3. The Morgan fingerprint density at radius 2 is 1.47 bits per heavy atom. The summed E-state index contributed by atoms with van der Waals surface area (Å²) in [5.74, 6) is 1.04. The molecule has 1 saturated heterocycles. The highest BCUT2D eigenvalue weighted by Crippen LogP contribution is 2.25. The van der Waals surface area contributed by atoms with Crippen LogP contribution < -0.4 is 43.0 Å². The summed E-state index contributed by atoms with van der Waals surface area (Å²) in [6.45, 7) is 6.88. The van der Waals surface area contributed by atoms with Gasteiger partial charge >= 0.3 is 0 Å². The average Bonchev–Trinajstić information content (AvgIpc) is 3.25. The molecule has 5 rings (SSSR count). The maximum Gasteiger partial charge on any atom is 0.236 e. The molecule has 1 aromatic carbocycles. The van der Waals surface area contributed by atoms with E-state index < -0.39 is 6.04 Å². The van der Waals surface area contributed by atoms with Crippen molar-refractivity contribution in [2.75, 3.05) is 69.5 Å². The highest BCUT2D eigenvalue weighted by Gasteiger charge is 2.25. The van der Waals surface area contributed by atoms with Crippen molar-refractivity contribution in [3.8, 4) is 0 Å². The van der Waals surface area contributed by atoms with E-state index in [0.717, 1.165) is 87.6 Å². The van der Waals surface area contributed by atoms with Gasteiger partial charge in [-0.3, -0.25) is 9.59 Å². The Balaban J connectivity index is 0.965. The van der Waals surface area contributed by atoms with Crippen LogP contribution in [0.4, 0.5) is 11.8 Å². The molecule has 3 aliphatic rings. The van der Waals surface area contributed by atoms with Crippen molar-refractivity contribution in [3.63, 3.8) is 0 Å². The van der Waals surface area contributed by atoms with E-state index >= 15 is 0 Å². The number of anilines is 2. The first-order chi connectivity index (χ1) is 28.0. The van der Waals surface area contributed by atoms with Gasteiger partial charge < -0.3 is 47.9 Å². The van der Waals surface area contributed by atoms with Gasteiger partial charge in [-0.15, -0.1) is 0 Å². The van der Waals surface area contributed by atoms with Crippen LogP contribution in [0.1, 0.15) is 109 Å². The van der Waals surface area contributed by atoms with Crippen LogP contribution in [-0.4, -0.2) is 110 Å². The highest BCUT2D eigenvalue weighted by atomic mass is 16.2. The van der Waals surface area contributed by atoms with E-state index in [2.05, 4.69) is 42.3 Å². The van der Waals surface area contributed by atoms with Crippen LogP contribution in [0.3, 0.4) is 0 Å². The molecule has 2 heterocycles. The number of nitrogens with two attached hydrogens (primary N) is 1. The van der Waals surface area contributed by atoms with Gasteiger partial charge in [0.05, 0.1) is 23.8 Å². The second-order valence-electron chi connectivity index (χ2n) is 16.1. The zero-order chi connectivity index (χ0) is 39.9. The number of para-hydroxylation sites is 1. The third-order valence-electron chi connectivity index (χ3n) is 11.6. The number of nitrogens with zero attached hydrogens (tertiary/aromatic N) is 4. The lowest BCUT2D eigenvalue weighted by Crippen LogP contribution is -2.44. The SMILES string of the molecule is N=N/C(=C\NCCCNCCCNC1CCCCC1)CNc1nc(NC2CCN(C(=O)CCC(N)C(=O)NCCCNC3CCCCC3)CC2)c2ccccc2n1. The van der Waals surface area contributed by atoms with E-state index in [1.54, 1.807) is 6.20 Å². The van der Waals surface area contributed by atoms with Crippen LogP contribution in [0, 0.1) is 5.53 Å². The number of fused-ring (bicyclic) bond motifs is 1. The molecule has 15 heteroatoms. The summed E-state index contributed by atoms with van der Waals surface area (Å²) in [6.07, 6.45) is 20.1. The molecule has 57 heavy (non-hydrogen) atoms. The smallest absolute Gasteiger partial charge is 0.236 e. The molecule has 0 spiro atoms. The van der Waals surface area contributed by atoms with Gasteiger partial charge in [0, 0.05) is 62.3 Å². The van der Waals surface area contributed by atoms with E-state index in [0.29, 0.717) is 50.3 Å². The first-order valence-corrected chi connectivity index (χ1v) is 22.0. The minimum atomic E-state index is -0.688. The lowest BCUT2D eigenvalue weighted by Gasteiger charge is -2.33. The minimum Gasteiger partial charge on any atom is -0.389 e. The van der Waals surface area contributed by atoms with Gasteiger partial charge in [0.15, 0.2) is 0 Å². The van der Waals surface area contributed by atoms with E-state index in [1.165, 1.54) is 64.2 Å². The zero-order valence-electron chi connectivity index (χ0n) is 34.3. The predicted molar refractivity (Wildman–Crippen MR) is 229 cm³/mol. The van der Waals surface area contributed by atoms with E-state index in [-0.39, 0.29) is 24.3 Å². The van der Waals surface area contributed by atoms with Gasteiger partial charge in [0.25, 0.3) is 0 Å². The molecule has 15 nitrogen and oxygen atoms in total. The van der Waals surface area contributed by atoms with Crippen molar-refractivity contribution in [3.05, 3.63) is 36.2 Å². The number of piperidine rings is 1. The van der Waals surface area contributed by atoms with Crippen molar-refractivity contribution in [1.82, 2.24) is 41.5 Å². The molecule has 1 aromatic heterocycles. The Hall–Kier alpha value is -3.92. The molecule has 2 saturated carbocycles. The maximum absolute atomic E-state index is 13.1. The quantitative estimate of drug-likeness (QED) is 0.0496. The third-order valence-corrected chi connectivity index (χ3v) is 11.6. The first-order valence-electron chi connectivity index (χ1n) is 22.0. The Kier molecular flexibility index (Phi) is 19.7. The summed E-state index contributed by atoms with van der Waals surface area (Å²) in [7, 11) is 0. The number of likely N-dealkylation sites (tertiary alicyclic amines) is 1. The van der Waals surface area contributed by atoms with Crippen molar-refractivity contribution in [2.24, 2.45) is 10.8 Å². The molecule has 1 aliphatic heterocycles. The molecular formula is C42H71N13O2. The lowest BCUT2D eigenvalue weighted by atomic mass is 9.95. The van der Waals surface area contributed by atoms with E-state index in [9.17, 15) is 9.59 Å². The number of hydrogen-bond donors (Lipinski definition) is 9. The standard InChI is InChI=1S/C42H71N13O2/c43-37(41(57)49-27-11-26-48-33-14-5-2-6-15-33)18-19-39(56)55-28-20-34(21-29-55)51-40-36-16-7-8-17-38(36)52-42(53-40)50-31-35(54-44)30-46-24-9-22-45-23-10-25-47-32-12-3-1-4-13-32/h7-8,16-17,30,32-34,37,44-48H,1-6,9-15,18-29,31,43H2,(H,49,57)(H2,50,51,52,53)/b35-30-,54-44?. The highest BCUT2D eigenvalue weighted by molar-refractivity contribution is 5.90. The Morgan fingerprint density at radius 1 is 0.825 bits per heavy atom. The van der Waals surface area contributed by atoms with Crippen LogP contribution in [0.5, 0.6) is 0 Å². The summed E-state index contributed by atoms with van der Waals surface area (Å²) in [5, 5.41) is 28.5. The van der Waals surface area contributed by atoms with Crippen LogP contribution in [0.2, 0.25) is 0 Å². The van der Waals surface area contributed by atoms with Crippen LogP contribution in [-0.2, 0) is 9.59 Å². The van der Waals surface area contributed by atoms with Crippen LogP contribution in [0.15, 0.2) is 41.3 Å². The second kappa shape index (κ2) is 25.4. The molecule has 2 amide bonds. The molecule has 2 aliphatic carbocycles. The summed E-state index contributed by atoms with van der Waals surface area (Å²) >= 11 is 0. The number of carbonyl (C=O) groups is 2. The molecule has 0 bridgehead atoms. The van der Waals surface area contributed by atoms with Crippen LogP contribution >= 0.6 is 0 Å². The van der Waals surface area contributed by atoms with Crippen molar-refractivity contribution in [1.29, 1.82) is 5.53 Å². The monoisotopic (exact) mass is 790 g/mol. The molecule has 1 atom stereocenters. The second-order valence-corrected chi connectivity index (χ2v) is 16.1. The van der Waals surface area contributed by atoms with Gasteiger partial charge in [-0.1, -0.05) is 50.7 Å². The largest absolute Gasteiger partial charge is 0.389 e. The number of hydrogen-bond acceptors (Lipinski definition) is 13.